The van der Waals surface area contributed by atoms with E-state index in [1.807, 2.05) is 17.8 Å². The first-order valence-electron chi connectivity index (χ1n) is 9.32. The van der Waals surface area contributed by atoms with Gasteiger partial charge in [0.1, 0.15) is 11.5 Å². The molecule has 8 heteroatoms. The monoisotopic (exact) mass is 385 g/mol. The number of carbonyl (C=O) groups is 1. The van der Waals surface area contributed by atoms with E-state index >= 15 is 0 Å². The maximum atomic E-state index is 13.8. The number of nitrogens with zero attached hydrogens (tertiary/aromatic N) is 4. The molecule has 0 bridgehead atoms. The number of carbonyl (C=O) groups excluding carboxylic acids is 1. The molecule has 7 nitrogen and oxygen atoms in total. The molecule has 0 spiro atoms. The van der Waals surface area contributed by atoms with Crippen LogP contribution in [0.3, 0.4) is 0 Å². The highest BCUT2D eigenvalue weighted by atomic mass is 19.1. The van der Waals surface area contributed by atoms with Crippen molar-refractivity contribution in [2.24, 2.45) is 7.05 Å². The van der Waals surface area contributed by atoms with Gasteiger partial charge in [-0.05, 0) is 43.9 Å². The van der Waals surface area contributed by atoms with Gasteiger partial charge in [0.25, 0.3) is 5.91 Å². The smallest absolute Gasteiger partial charge is 0.254 e. The van der Waals surface area contributed by atoms with E-state index in [9.17, 15) is 9.18 Å². The van der Waals surface area contributed by atoms with Gasteiger partial charge in [0.2, 0.25) is 11.7 Å². The Bertz CT molecular complexity index is 943. The van der Waals surface area contributed by atoms with Gasteiger partial charge >= 0.3 is 0 Å². The Balaban J connectivity index is 1.42. The number of halogens is 1. The van der Waals surface area contributed by atoms with Crippen LogP contribution in [0, 0.1) is 19.7 Å². The number of aryl methyl sites for hydroxylation is 4. The van der Waals surface area contributed by atoms with Gasteiger partial charge < -0.3 is 9.84 Å². The molecule has 0 aliphatic heterocycles. The van der Waals surface area contributed by atoms with Crippen molar-refractivity contribution in [3.05, 3.63) is 52.8 Å². The molecule has 1 aromatic carbocycles. The van der Waals surface area contributed by atoms with Crippen LogP contribution in [0.4, 0.5) is 4.39 Å². The molecule has 0 radical (unpaired) electrons. The molecule has 3 aromatic rings. The SMILES string of the molecule is Cc1nc(-c2cc(CCCCCNC(=O)c3c(C)cccc3F)n(C)n2)no1. The van der Waals surface area contributed by atoms with Gasteiger partial charge in [-0.15, -0.1) is 0 Å². The summed E-state index contributed by atoms with van der Waals surface area (Å²) in [7, 11) is 1.89. The van der Waals surface area contributed by atoms with Crippen LogP contribution in [-0.2, 0) is 13.5 Å². The molecular formula is C20H24FN5O2. The molecule has 0 atom stereocenters. The lowest BCUT2D eigenvalue weighted by Crippen LogP contribution is -2.26. The fourth-order valence-corrected chi connectivity index (χ4v) is 3.07. The van der Waals surface area contributed by atoms with E-state index in [-0.39, 0.29) is 11.5 Å². The summed E-state index contributed by atoms with van der Waals surface area (Å²) < 4.78 is 20.6. The maximum absolute atomic E-state index is 13.8. The molecule has 0 aliphatic carbocycles. The van der Waals surface area contributed by atoms with E-state index in [0.29, 0.717) is 29.5 Å². The molecule has 0 saturated heterocycles. The average Bonchev–Trinajstić information content (AvgIpc) is 3.23. The minimum absolute atomic E-state index is 0.126. The lowest BCUT2D eigenvalue weighted by atomic mass is 10.1. The van der Waals surface area contributed by atoms with Crippen LogP contribution >= 0.6 is 0 Å². The van der Waals surface area contributed by atoms with E-state index in [2.05, 4.69) is 20.6 Å². The summed E-state index contributed by atoms with van der Waals surface area (Å²) in [5.41, 5.74) is 2.55. The van der Waals surface area contributed by atoms with Crippen molar-refractivity contribution in [3.8, 4) is 11.5 Å². The van der Waals surface area contributed by atoms with Crippen molar-refractivity contribution in [3.63, 3.8) is 0 Å². The predicted octanol–water partition coefficient (Wildman–Crippen LogP) is 3.37. The van der Waals surface area contributed by atoms with E-state index in [1.54, 1.807) is 26.0 Å². The van der Waals surface area contributed by atoms with E-state index < -0.39 is 5.82 Å². The Morgan fingerprint density at radius 1 is 1.25 bits per heavy atom. The van der Waals surface area contributed by atoms with Crippen molar-refractivity contribution in [1.29, 1.82) is 0 Å². The number of hydrogen-bond acceptors (Lipinski definition) is 5. The average molecular weight is 385 g/mol. The third kappa shape index (κ3) is 4.62. The molecule has 28 heavy (non-hydrogen) atoms. The number of benzene rings is 1. The molecule has 1 amide bonds. The molecule has 3 rings (SSSR count). The number of amides is 1. The maximum Gasteiger partial charge on any atom is 0.254 e. The standard InChI is InChI=1S/C20H24FN5O2/c1-13-8-7-10-16(21)18(13)20(27)22-11-6-4-5-9-15-12-17(24-26(15)3)19-23-14(2)28-25-19/h7-8,10,12H,4-6,9,11H2,1-3H3,(H,22,27). The second kappa shape index (κ2) is 8.77. The van der Waals surface area contributed by atoms with Crippen molar-refractivity contribution < 1.29 is 13.7 Å². The zero-order chi connectivity index (χ0) is 20.1. The Morgan fingerprint density at radius 2 is 2.07 bits per heavy atom. The fourth-order valence-electron chi connectivity index (χ4n) is 3.07. The minimum atomic E-state index is -0.485. The van der Waals surface area contributed by atoms with Gasteiger partial charge in [-0.1, -0.05) is 23.7 Å². The molecule has 0 aliphatic rings. The second-order valence-electron chi connectivity index (χ2n) is 6.78. The summed E-state index contributed by atoms with van der Waals surface area (Å²) in [5.74, 6) is 0.156. The highest BCUT2D eigenvalue weighted by molar-refractivity contribution is 5.95. The van der Waals surface area contributed by atoms with Crippen LogP contribution in [0.25, 0.3) is 11.5 Å². The number of unbranched alkanes of at least 4 members (excludes halogenated alkanes) is 2. The highest BCUT2D eigenvalue weighted by Gasteiger charge is 2.14. The summed E-state index contributed by atoms with van der Waals surface area (Å²) in [6.07, 6.45) is 3.59. The zero-order valence-electron chi connectivity index (χ0n) is 16.3. The quantitative estimate of drug-likeness (QED) is 0.601. The lowest BCUT2D eigenvalue weighted by molar-refractivity contribution is 0.0948. The number of hydrogen-bond donors (Lipinski definition) is 1. The third-order valence-electron chi connectivity index (χ3n) is 4.58. The minimum Gasteiger partial charge on any atom is -0.352 e. The van der Waals surface area contributed by atoms with Crippen LogP contribution in [0.5, 0.6) is 0 Å². The molecule has 0 saturated carbocycles. The first-order chi connectivity index (χ1) is 13.5. The van der Waals surface area contributed by atoms with Crippen LogP contribution < -0.4 is 5.32 Å². The molecule has 2 aromatic heterocycles. The summed E-state index contributed by atoms with van der Waals surface area (Å²) >= 11 is 0. The van der Waals surface area contributed by atoms with Gasteiger partial charge in [0.05, 0.1) is 5.56 Å². The highest BCUT2D eigenvalue weighted by Crippen LogP contribution is 2.17. The third-order valence-corrected chi connectivity index (χ3v) is 4.58. The Labute approximate surface area is 162 Å². The van der Waals surface area contributed by atoms with Gasteiger partial charge in [0, 0.05) is 26.2 Å². The topological polar surface area (TPSA) is 85.8 Å². The number of aromatic nitrogens is 4. The normalized spacial score (nSPS) is 11.0. The second-order valence-corrected chi connectivity index (χ2v) is 6.78. The van der Waals surface area contributed by atoms with Crippen LogP contribution in [-0.4, -0.2) is 32.4 Å². The number of rotatable bonds is 8. The first kappa shape index (κ1) is 19.7. The lowest BCUT2D eigenvalue weighted by Gasteiger charge is -2.08. The summed E-state index contributed by atoms with van der Waals surface area (Å²) in [6.45, 7) is 3.99. The first-order valence-corrected chi connectivity index (χ1v) is 9.32. The Kier molecular flexibility index (Phi) is 6.18. The number of nitrogens with one attached hydrogen (secondary N) is 1. The largest absolute Gasteiger partial charge is 0.352 e. The van der Waals surface area contributed by atoms with Gasteiger partial charge in [-0.3, -0.25) is 9.48 Å². The van der Waals surface area contributed by atoms with E-state index in [1.165, 1.54) is 6.07 Å². The van der Waals surface area contributed by atoms with Gasteiger partial charge in [-0.25, -0.2) is 4.39 Å². The Morgan fingerprint density at radius 3 is 2.79 bits per heavy atom. The molecule has 1 N–H and O–H groups in total. The van der Waals surface area contributed by atoms with E-state index in [0.717, 1.165) is 31.4 Å². The fraction of sp³-hybridized carbons (Fsp3) is 0.400. The van der Waals surface area contributed by atoms with Crippen LogP contribution in [0.15, 0.2) is 28.8 Å². The van der Waals surface area contributed by atoms with Gasteiger partial charge in [0.15, 0.2) is 0 Å². The van der Waals surface area contributed by atoms with Crippen molar-refractivity contribution in [2.45, 2.75) is 39.5 Å². The van der Waals surface area contributed by atoms with E-state index in [4.69, 9.17) is 4.52 Å². The summed E-state index contributed by atoms with van der Waals surface area (Å²) in [4.78, 5) is 16.3. The summed E-state index contributed by atoms with van der Waals surface area (Å²) in [5, 5.41) is 11.1. The molecular weight excluding hydrogens is 361 g/mol. The van der Waals surface area contributed by atoms with Crippen molar-refractivity contribution in [1.82, 2.24) is 25.2 Å². The predicted molar refractivity (Wildman–Crippen MR) is 102 cm³/mol. The molecule has 2 heterocycles. The Hall–Kier alpha value is -3.03. The van der Waals surface area contributed by atoms with Gasteiger partial charge in [-0.2, -0.15) is 10.1 Å². The van der Waals surface area contributed by atoms with Crippen molar-refractivity contribution in [2.75, 3.05) is 6.54 Å². The van der Waals surface area contributed by atoms with Crippen LogP contribution in [0.2, 0.25) is 0 Å². The van der Waals surface area contributed by atoms with Crippen molar-refractivity contribution >= 4 is 5.91 Å². The van der Waals surface area contributed by atoms with Crippen LogP contribution in [0.1, 0.15) is 46.8 Å². The summed E-state index contributed by atoms with van der Waals surface area (Å²) in [6, 6.07) is 6.61. The molecule has 0 unspecified atom stereocenters. The zero-order valence-corrected chi connectivity index (χ0v) is 16.3. The molecule has 0 fully saturated rings. The molecule has 148 valence electrons.